The smallest absolute Gasteiger partial charge is 0.337 e. The summed E-state index contributed by atoms with van der Waals surface area (Å²) >= 11 is 12.7. The first-order valence-corrected chi connectivity index (χ1v) is 12.0. The minimum absolute atomic E-state index is 0.302. The highest BCUT2D eigenvalue weighted by Crippen LogP contribution is 2.39. The quantitative estimate of drug-likeness (QED) is 0.266. The number of H-pyrrole nitrogens is 1. The summed E-state index contributed by atoms with van der Waals surface area (Å²) in [5.74, 6) is 0.106. The Morgan fingerprint density at radius 3 is 2.73 bits per heavy atom. The van der Waals surface area contributed by atoms with E-state index < -0.39 is 17.6 Å². The molecule has 0 aliphatic heterocycles. The van der Waals surface area contributed by atoms with E-state index in [4.69, 9.17) is 32.7 Å². The molecule has 0 saturated carbocycles. The number of rotatable bonds is 5. The Morgan fingerprint density at radius 1 is 1.16 bits per heavy atom. The molecule has 0 saturated heterocycles. The van der Waals surface area contributed by atoms with Crippen molar-refractivity contribution in [2.45, 2.75) is 32.4 Å². The van der Waals surface area contributed by atoms with E-state index in [-0.39, 0.29) is 0 Å². The number of aromatic nitrogens is 5. The Balaban J connectivity index is 1.66. The Bertz CT molecular complexity index is 1700. The largest absolute Gasteiger partial charge is 0.458 e. The topological polar surface area (TPSA) is 119 Å². The van der Waals surface area contributed by atoms with Crippen LogP contribution in [0.4, 0.5) is 0 Å². The zero-order valence-electron chi connectivity index (χ0n) is 20.0. The van der Waals surface area contributed by atoms with Crippen molar-refractivity contribution in [1.82, 2.24) is 25.0 Å². The molecule has 11 heteroatoms. The molecule has 186 valence electrons. The van der Waals surface area contributed by atoms with Crippen molar-refractivity contribution in [1.29, 1.82) is 5.26 Å². The van der Waals surface area contributed by atoms with Crippen LogP contribution >= 0.6 is 23.2 Å². The van der Waals surface area contributed by atoms with Crippen molar-refractivity contribution >= 4 is 51.1 Å². The third kappa shape index (κ3) is 4.81. The molecule has 0 aliphatic carbocycles. The highest BCUT2D eigenvalue weighted by atomic mass is 35.5. The number of benzene rings is 2. The fraction of sp³-hybridized carbons (Fsp3) is 0.192. The number of carbonyl (C=O) groups excluding carboxylic acids is 1. The van der Waals surface area contributed by atoms with Gasteiger partial charge in [-0.15, -0.1) is 0 Å². The van der Waals surface area contributed by atoms with E-state index in [9.17, 15) is 10.1 Å². The molecular formula is C26H20Cl2N6O3. The van der Waals surface area contributed by atoms with Gasteiger partial charge in [0.1, 0.15) is 11.4 Å². The van der Waals surface area contributed by atoms with Gasteiger partial charge in [-0.3, -0.25) is 5.10 Å². The number of nitriles is 1. The van der Waals surface area contributed by atoms with Gasteiger partial charge in [-0.25, -0.2) is 14.5 Å². The van der Waals surface area contributed by atoms with E-state index in [2.05, 4.69) is 20.3 Å². The first-order valence-electron chi connectivity index (χ1n) is 11.2. The minimum atomic E-state index is -1.00. The Hall–Kier alpha value is -4.13. The number of halogens is 2. The van der Waals surface area contributed by atoms with E-state index >= 15 is 0 Å². The summed E-state index contributed by atoms with van der Waals surface area (Å²) in [6.45, 7) is 5.38. The van der Waals surface area contributed by atoms with E-state index in [1.807, 2.05) is 12.1 Å². The van der Waals surface area contributed by atoms with Gasteiger partial charge in [0.25, 0.3) is 0 Å². The lowest BCUT2D eigenvalue weighted by Gasteiger charge is -2.24. The number of hydrogen-bond acceptors (Lipinski definition) is 7. The summed E-state index contributed by atoms with van der Waals surface area (Å²) in [6, 6.07) is 12.7. The van der Waals surface area contributed by atoms with Crippen LogP contribution in [0.25, 0.3) is 21.9 Å². The Labute approximate surface area is 221 Å². The first kappa shape index (κ1) is 24.6. The van der Waals surface area contributed by atoms with Gasteiger partial charge < -0.3 is 9.47 Å². The van der Waals surface area contributed by atoms with Gasteiger partial charge in [0.05, 0.1) is 39.4 Å². The van der Waals surface area contributed by atoms with E-state index in [1.165, 1.54) is 10.7 Å². The van der Waals surface area contributed by atoms with E-state index in [0.717, 1.165) is 0 Å². The summed E-state index contributed by atoms with van der Waals surface area (Å²) in [5, 5.41) is 22.9. The predicted molar refractivity (Wildman–Crippen MR) is 139 cm³/mol. The molecule has 5 rings (SSSR count). The number of pyridine rings is 1. The molecule has 1 unspecified atom stereocenters. The van der Waals surface area contributed by atoms with Crippen LogP contribution in [0.5, 0.6) is 11.5 Å². The first-order chi connectivity index (χ1) is 17.6. The number of fused-ring (bicyclic) bond motifs is 2. The van der Waals surface area contributed by atoms with Crippen LogP contribution in [0.3, 0.4) is 0 Å². The highest BCUT2D eigenvalue weighted by Gasteiger charge is 2.33. The molecular weight excluding hydrogens is 515 g/mol. The molecule has 0 spiro atoms. The summed E-state index contributed by atoms with van der Waals surface area (Å²) in [6.07, 6.45) is 3.18. The van der Waals surface area contributed by atoms with Crippen LogP contribution in [0, 0.1) is 11.3 Å². The molecule has 0 fully saturated rings. The van der Waals surface area contributed by atoms with Gasteiger partial charge in [0.2, 0.25) is 0 Å². The van der Waals surface area contributed by atoms with Gasteiger partial charge >= 0.3 is 5.97 Å². The lowest BCUT2D eigenvalue weighted by Crippen LogP contribution is -2.31. The zero-order valence-corrected chi connectivity index (χ0v) is 21.5. The molecule has 5 aromatic rings. The number of ether oxygens (including phenoxy) is 2. The van der Waals surface area contributed by atoms with Gasteiger partial charge in [0.15, 0.2) is 17.4 Å². The second-order valence-electron chi connectivity index (χ2n) is 9.24. The number of carbonyl (C=O) groups is 1. The molecule has 0 amide bonds. The maximum absolute atomic E-state index is 13.5. The van der Waals surface area contributed by atoms with Crippen LogP contribution in [-0.2, 0) is 9.53 Å². The van der Waals surface area contributed by atoms with Crippen LogP contribution < -0.4 is 4.74 Å². The summed E-state index contributed by atoms with van der Waals surface area (Å²) < 4.78 is 13.4. The van der Waals surface area contributed by atoms with E-state index in [0.29, 0.717) is 54.7 Å². The lowest BCUT2D eigenvalue weighted by atomic mass is 10.1. The summed E-state index contributed by atoms with van der Waals surface area (Å²) in [5.41, 5.74) is 1.10. The zero-order chi connectivity index (χ0) is 26.3. The summed E-state index contributed by atoms with van der Waals surface area (Å²) in [4.78, 5) is 17.8. The van der Waals surface area contributed by atoms with Crippen molar-refractivity contribution in [2.75, 3.05) is 0 Å². The maximum atomic E-state index is 13.5. The molecule has 1 atom stereocenters. The standard InChI is InChI=1S/C26H20Cl2N6O3/c1-26(2,3)37-25(35)22(21-17-5-4-8-30-24(17)33-32-21)34-20-7-6-19(28)23(18(20)13-31-34)36-16-10-14(12-29)9-15(27)11-16/h4-11,13,22H,1-3H3,(H,30,32,33). The van der Waals surface area contributed by atoms with Crippen molar-refractivity contribution in [3.8, 4) is 17.6 Å². The fourth-order valence-corrected chi connectivity index (χ4v) is 4.39. The maximum Gasteiger partial charge on any atom is 0.337 e. The predicted octanol–water partition coefficient (Wildman–Crippen LogP) is 6.21. The lowest BCUT2D eigenvalue weighted by molar-refractivity contribution is -0.157. The second-order valence-corrected chi connectivity index (χ2v) is 10.1. The van der Waals surface area contributed by atoms with Crippen LogP contribution in [0.15, 0.2) is 54.9 Å². The monoisotopic (exact) mass is 534 g/mol. The molecule has 0 bridgehead atoms. The Morgan fingerprint density at radius 2 is 1.97 bits per heavy atom. The number of esters is 1. The fourth-order valence-electron chi connectivity index (χ4n) is 3.96. The third-order valence-corrected chi connectivity index (χ3v) is 5.93. The Kier molecular flexibility index (Phi) is 6.23. The molecule has 37 heavy (non-hydrogen) atoms. The van der Waals surface area contributed by atoms with Crippen LogP contribution in [0.2, 0.25) is 10.0 Å². The van der Waals surface area contributed by atoms with Crippen LogP contribution in [0.1, 0.15) is 38.1 Å². The van der Waals surface area contributed by atoms with Gasteiger partial charge in [-0.05, 0) is 63.2 Å². The molecule has 1 N–H and O–H groups in total. The second kappa shape index (κ2) is 9.39. The molecule has 0 radical (unpaired) electrons. The number of nitrogens with zero attached hydrogens (tertiary/aromatic N) is 5. The van der Waals surface area contributed by atoms with Gasteiger partial charge in [0, 0.05) is 16.6 Å². The van der Waals surface area contributed by atoms with Gasteiger partial charge in [-0.1, -0.05) is 23.2 Å². The van der Waals surface area contributed by atoms with E-state index in [1.54, 1.807) is 63.5 Å². The number of nitrogens with one attached hydrogen (secondary N) is 1. The highest BCUT2D eigenvalue weighted by molar-refractivity contribution is 6.33. The van der Waals surface area contributed by atoms with Crippen molar-refractivity contribution in [2.24, 2.45) is 0 Å². The number of aromatic amines is 1. The SMILES string of the molecule is CC(C)(C)OC(=O)C(c1[nH]nc2ncccc12)n1ncc2c(Oc3cc(Cl)cc(C#N)c3)c(Cl)ccc21. The molecule has 2 aromatic carbocycles. The molecule has 0 aliphatic rings. The molecule has 3 aromatic heterocycles. The van der Waals surface area contributed by atoms with Crippen molar-refractivity contribution in [3.63, 3.8) is 0 Å². The number of hydrogen-bond donors (Lipinski definition) is 1. The van der Waals surface area contributed by atoms with Crippen molar-refractivity contribution < 1.29 is 14.3 Å². The average molecular weight is 535 g/mol. The average Bonchev–Trinajstić information content (AvgIpc) is 3.45. The third-order valence-electron chi connectivity index (χ3n) is 5.41. The van der Waals surface area contributed by atoms with Gasteiger partial charge in [-0.2, -0.15) is 15.5 Å². The van der Waals surface area contributed by atoms with Crippen LogP contribution in [-0.4, -0.2) is 36.5 Å². The molecule has 3 heterocycles. The molecule has 9 nitrogen and oxygen atoms in total. The summed E-state index contributed by atoms with van der Waals surface area (Å²) in [7, 11) is 0. The minimum Gasteiger partial charge on any atom is -0.458 e. The normalized spacial score (nSPS) is 12.4. The van der Waals surface area contributed by atoms with Crippen molar-refractivity contribution in [3.05, 3.63) is 76.2 Å².